The molecule has 5 heteroatoms. The molecule has 19 heavy (non-hydrogen) atoms. The van der Waals surface area contributed by atoms with Crippen LogP contribution in [0.4, 0.5) is 5.69 Å². The fourth-order valence-corrected chi connectivity index (χ4v) is 2.24. The Labute approximate surface area is 108 Å². The first-order valence-corrected chi connectivity index (χ1v) is 5.68. The summed E-state index contributed by atoms with van der Waals surface area (Å²) in [6.07, 6.45) is 0. The zero-order valence-electron chi connectivity index (χ0n) is 10.0. The van der Waals surface area contributed by atoms with Crippen LogP contribution >= 0.6 is 0 Å². The highest BCUT2D eigenvalue weighted by Gasteiger charge is 2.27. The molecule has 94 valence electrons. The number of amides is 1. The summed E-state index contributed by atoms with van der Waals surface area (Å²) in [5, 5.41) is 3.85. The Morgan fingerprint density at radius 3 is 2.42 bits per heavy atom. The van der Waals surface area contributed by atoms with Gasteiger partial charge >= 0.3 is 11.9 Å². The highest BCUT2D eigenvalue weighted by molar-refractivity contribution is 6.23. The SMILES string of the molecule is CC(=O)Nc1ccc2c3c(cccc13)C(=O)OC2=O. The molecular weight excluding hydrogens is 246 g/mol. The maximum absolute atomic E-state index is 11.7. The van der Waals surface area contributed by atoms with Crippen molar-refractivity contribution in [2.75, 3.05) is 5.32 Å². The third-order valence-electron chi connectivity index (χ3n) is 2.98. The van der Waals surface area contributed by atoms with Gasteiger partial charge in [-0.3, -0.25) is 4.79 Å². The lowest BCUT2D eigenvalue weighted by Gasteiger charge is -2.17. The molecule has 0 aliphatic carbocycles. The Balaban J connectivity index is 2.38. The number of rotatable bonds is 1. The van der Waals surface area contributed by atoms with Gasteiger partial charge in [0.05, 0.1) is 11.1 Å². The predicted octanol–water partition coefficient (Wildman–Crippen LogP) is 2.11. The molecule has 0 radical (unpaired) electrons. The van der Waals surface area contributed by atoms with Crippen molar-refractivity contribution in [3.63, 3.8) is 0 Å². The summed E-state index contributed by atoms with van der Waals surface area (Å²) in [7, 11) is 0. The van der Waals surface area contributed by atoms with Gasteiger partial charge in [0, 0.05) is 23.4 Å². The van der Waals surface area contributed by atoms with Gasteiger partial charge in [0.15, 0.2) is 0 Å². The van der Waals surface area contributed by atoms with Crippen molar-refractivity contribution in [1.82, 2.24) is 0 Å². The Morgan fingerprint density at radius 1 is 1.05 bits per heavy atom. The van der Waals surface area contributed by atoms with Crippen LogP contribution in [-0.4, -0.2) is 17.8 Å². The number of hydrogen-bond donors (Lipinski definition) is 1. The van der Waals surface area contributed by atoms with Gasteiger partial charge in [0.25, 0.3) is 0 Å². The van der Waals surface area contributed by atoms with Crippen molar-refractivity contribution in [3.8, 4) is 0 Å². The molecular formula is C14H9NO4. The summed E-state index contributed by atoms with van der Waals surface area (Å²) in [5.74, 6) is -1.54. The van der Waals surface area contributed by atoms with E-state index < -0.39 is 11.9 Å². The first-order chi connectivity index (χ1) is 9.08. The number of esters is 2. The van der Waals surface area contributed by atoms with Crippen LogP contribution in [-0.2, 0) is 9.53 Å². The van der Waals surface area contributed by atoms with Gasteiger partial charge in [-0.25, -0.2) is 9.59 Å². The molecule has 5 nitrogen and oxygen atoms in total. The monoisotopic (exact) mass is 255 g/mol. The smallest absolute Gasteiger partial charge is 0.346 e. The predicted molar refractivity (Wildman–Crippen MR) is 68.0 cm³/mol. The number of benzene rings is 2. The van der Waals surface area contributed by atoms with E-state index in [9.17, 15) is 14.4 Å². The molecule has 0 atom stereocenters. The van der Waals surface area contributed by atoms with E-state index in [1.165, 1.54) is 6.92 Å². The second-order valence-electron chi connectivity index (χ2n) is 4.25. The summed E-state index contributed by atoms with van der Waals surface area (Å²) in [6, 6.07) is 8.20. The molecule has 1 aliphatic heterocycles. The van der Waals surface area contributed by atoms with Crippen molar-refractivity contribution < 1.29 is 19.1 Å². The number of ether oxygens (including phenoxy) is 1. The Bertz CT molecular complexity index is 728. The summed E-state index contributed by atoms with van der Waals surface area (Å²) < 4.78 is 4.66. The second kappa shape index (κ2) is 3.91. The standard InChI is InChI=1S/C14H9NO4/c1-7(16)15-11-6-5-10-12-8(11)3-2-4-9(12)13(17)19-14(10)18/h2-6H,1H3,(H,15,16). The number of nitrogens with one attached hydrogen (secondary N) is 1. The Kier molecular flexibility index (Phi) is 2.35. The van der Waals surface area contributed by atoms with E-state index in [0.717, 1.165) is 0 Å². The Hall–Kier alpha value is -2.69. The fourth-order valence-electron chi connectivity index (χ4n) is 2.24. The average molecular weight is 255 g/mol. The largest absolute Gasteiger partial charge is 0.386 e. The van der Waals surface area contributed by atoms with Crippen LogP contribution in [0.2, 0.25) is 0 Å². The number of hydrogen-bond acceptors (Lipinski definition) is 4. The van der Waals surface area contributed by atoms with Crippen LogP contribution in [0.3, 0.4) is 0 Å². The van der Waals surface area contributed by atoms with Gasteiger partial charge in [0.2, 0.25) is 5.91 Å². The minimum Gasteiger partial charge on any atom is -0.386 e. The average Bonchev–Trinajstić information content (AvgIpc) is 2.36. The van der Waals surface area contributed by atoms with Crippen LogP contribution < -0.4 is 5.32 Å². The molecule has 1 N–H and O–H groups in total. The van der Waals surface area contributed by atoms with Crippen LogP contribution in [0, 0.1) is 0 Å². The second-order valence-corrected chi connectivity index (χ2v) is 4.25. The third kappa shape index (κ3) is 1.67. The van der Waals surface area contributed by atoms with Gasteiger partial charge in [-0.1, -0.05) is 12.1 Å². The van der Waals surface area contributed by atoms with Crippen molar-refractivity contribution >= 4 is 34.3 Å². The molecule has 0 fully saturated rings. The van der Waals surface area contributed by atoms with E-state index in [1.54, 1.807) is 30.3 Å². The van der Waals surface area contributed by atoms with Crippen molar-refractivity contribution in [2.24, 2.45) is 0 Å². The molecule has 2 aromatic carbocycles. The van der Waals surface area contributed by atoms with Crippen LogP contribution in [0.25, 0.3) is 10.8 Å². The minimum absolute atomic E-state index is 0.217. The first-order valence-electron chi connectivity index (χ1n) is 5.68. The van der Waals surface area contributed by atoms with Gasteiger partial charge in [-0.2, -0.15) is 0 Å². The van der Waals surface area contributed by atoms with E-state index >= 15 is 0 Å². The number of carbonyl (C=O) groups excluding carboxylic acids is 3. The maximum Gasteiger partial charge on any atom is 0.346 e. The molecule has 3 rings (SSSR count). The van der Waals surface area contributed by atoms with Crippen molar-refractivity contribution in [1.29, 1.82) is 0 Å². The van der Waals surface area contributed by atoms with Crippen LogP contribution in [0.1, 0.15) is 27.6 Å². The lowest BCUT2D eigenvalue weighted by molar-refractivity contribution is -0.114. The van der Waals surface area contributed by atoms with E-state index in [0.29, 0.717) is 27.6 Å². The molecule has 0 saturated carbocycles. The van der Waals surface area contributed by atoms with E-state index in [-0.39, 0.29) is 5.91 Å². The molecule has 0 bridgehead atoms. The van der Waals surface area contributed by atoms with E-state index in [2.05, 4.69) is 10.1 Å². The zero-order valence-corrected chi connectivity index (χ0v) is 10.0. The third-order valence-corrected chi connectivity index (χ3v) is 2.98. The highest BCUT2D eigenvalue weighted by atomic mass is 16.6. The van der Waals surface area contributed by atoms with Crippen molar-refractivity contribution in [2.45, 2.75) is 6.92 Å². The summed E-state index contributed by atoms with van der Waals surface area (Å²) in [4.78, 5) is 34.5. The number of cyclic esters (lactones) is 2. The maximum atomic E-state index is 11.7. The van der Waals surface area contributed by atoms with Gasteiger partial charge in [-0.15, -0.1) is 0 Å². The molecule has 1 amide bonds. The summed E-state index contributed by atoms with van der Waals surface area (Å²) in [5.41, 5.74) is 1.23. The molecule has 0 saturated heterocycles. The van der Waals surface area contributed by atoms with Crippen molar-refractivity contribution in [3.05, 3.63) is 41.5 Å². The molecule has 1 aliphatic rings. The zero-order chi connectivity index (χ0) is 13.6. The molecule has 1 heterocycles. The first kappa shape index (κ1) is 11.4. The topological polar surface area (TPSA) is 72.5 Å². The molecule has 0 aromatic heterocycles. The number of anilines is 1. The van der Waals surface area contributed by atoms with Crippen LogP contribution in [0.15, 0.2) is 30.3 Å². The summed E-state index contributed by atoms with van der Waals surface area (Å²) in [6.45, 7) is 1.40. The van der Waals surface area contributed by atoms with Gasteiger partial charge in [-0.05, 0) is 18.2 Å². The molecule has 0 spiro atoms. The fraction of sp³-hybridized carbons (Fsp3) is 0.0714. The van der Waals surface area contributed by atoms with Gasteiger partial charge < -0.3 is 10.1 Å². The van der Waals surface area contributed by atoms with Gasteiger partial charge in [0.1, 0.15) is 0 Å². The molecule has 2 aromatic rings. The number of carbonyl (C=O) groups is 3. The minimum atomic E-state index is -0.664. The quantitative estimate of drug-likeness (QED) is 0.625. The lowest BCUT2D eigenvalue weighted by Crippen LogP contribution is -2.20. The van der Waals surface area contributed by atoms with Crippen LogP contribution in [0.5, 0.6) is 0 Å². The normalized spacial score (nSPS) is 13.3. The lowest BCUT2D eigenvalue weighted by atomic mass is 9.96. The molecule has 0 unspecified atom stereocenters. The Morgan fingerprint density at radius 2 is 1.74 bits per heavy atom. The summed E-state index contributed by atoms with van der Waals surface area (Å²) >= 11 is 0. The van der Waals surface area contributed by atoms with E-state index in [4.69, 9.17) is 0 Å². The van der Waals surface area contributed by atoms with E-state index in [1.807, 2.05) is 0 Å². The highest BCUT2D eigenvalue weighted by Crippen LogP contribution is 2.33.